The monoisotopic (exact) mass is 168 g/mol. The molecule has 1 saturated carbocycles. The van der Waals surface area contributed by atoms with E-state index >= 15 is 0 Å². The minimum Gasteiger partial charge on any atom is -0.382 e. The van der Waals surface area contributed by atoms with Gasteiger partial charge in [-0.2, -0.15) is 0 Å². The predicted octanol–water partition coefficient (Wildman–Crippen LogP) is 1.64. The van der Waals surface area contributed by atoms with Crippen molar-refractivity contribution in [1.82, 2.24) is 0 Å². The van der Waals surface area contributed by atoms with Crippen molar-refractivity contribution in [3.63, 3.8) is 0 Å². The molecule has 1 heterocycles. The van der Waals surface area contributed by atoms with E-state index in [1.165, 1.54) is 6.42 Å². The molecule has 2 unspecified atom stereocenters. The van der Waals surface area contributed by atoms with Gasteiger partial charge in [0.05, 0.1) is 6.61 Å². The molecule has 1 spiro atoms. The van der Waals surface area contributed by atoms with Crippen molar-refractivity contribution in [2.75, 3.05) is 6.61 Å². The molecule has 0 amide bonds. The molecule has 2 rings (SSSR count). The number of aliphatic hydroxyl groups is 1. The molecule has 2 nitrogen and oxygen atoms in total. The zero-order valence-electron chi connectivity index (χ0n) is 7.60. The van der Waals surface area contributed by atoms with Crippen molar-refractivity contribution in [3.05, 3.63) is 12.2 Å². The lowest BCUT2D eigenvalue weighted by Gasteiger charge is -2.38. The van der Waals surface area contributed by atoms with Crippen LogP contribution in [0.3, 0.4) is 0 Å². The molecule has 0 radical (unpaired) electrons. The Balaban J connectivity index is 2.26. The van der Waals surface area contributed by atoms with Gasteiger partial charge < -0.3 is 9.84 Å². The third-order valence-corrected chi connectivity index (χ3v) is 3.32. The highest BCUT2D eigenvalue weighted by Gasteiger charge is 2.61. The molecule has 0 aromatic rings. The summed E-state index contributed by atoms with van der Waals surface area (Å²) in [5.41, 5.74) is -0.109. The molecule has 0 aromatic heterocycles. The predicted molar refractivity (Wildman–Crippen MR) is 46.9 cm³/mol. The van der Waals surface area contributed by atoms with Gasteiger partial charge in [0.1, 0.15) is 11.2 Å². The Hall–Kier alpha value is -0.340. The van der Waals surface area contributed by atoms with Gasteiger partial charge in [-0.25, -0.2) is 0 Å². The summed E-state index contributed by atoms with van der Waals surface area (Å²) < 4.78 is 5.40. The maximum atomic E-state index is 10.3. The van der Waals surface area contributed by atoms with E-state index < -0.39 is 5.60 Å². The summed E-state index contributed by atoms with van der Waals surface area (Å²) >= 11 is 0. The number of hydrogen-bond donors (Lipinski definition) is 1. The Morgan fingerprint density at radius 2 is 2.00 bits per heavy atom. The second kappa shape index (κ2) is 2.33. The fraction of sp³-hybridized carbons (Fsp3) is 0.800. The molecule has 0 aromatic carbocycles. The first kappa shape index (κ1) is 8.27. The van der Waals surface area contributed by atoms with Gasteiger partial charge in [-0.15, -0.1) is 0 Å². The van der Waals surface area contributed by atoms with Crippen molar-refractivity contribution < 1.29 is 9.84 Å². The molecule has 68 valence electrons. The van der Waals surface area contributed by atoms with Crippen LogP contribution in [0.5, 0.6) is 0 Å². The summed E-state index contributed by atoms with van der Waals surface area (Å²) in [6.07, 6.45) is 4.09. The first-order chi connectivity index (χ1) is 5.61. The van der Waals surface area contributed by atoms with Crippen LogP contribution in [0.25, 0.3) is 0 Å². The molecule has 0 bridgehead atoms. The molecule has 2 fully saturated rings. The van der Waals surface area contributed by atoms with Crippen LogP contribution >= 0.6 is 0 Å². The van der Waals surface area contributed by atoms with Gasteiger partial charge in [0.25, 0.3) is 0 Å². The lowest BCUT2D eigenvalue weighted by molar-refractivity contribution is -0.0352. The van der Waals surface area contributed by atoms with Gasteiger partial charge in [-0.1, -0.05) is 19.4 Å². The number of ether oxygens (including phenoxy) is 1. The quantitative estimate of drug-likeness (QED) is 0.477. The lowest BCUT2D eigenvalue weighted by atomic mass is 9.72. The third-order valence-electron chi connectivity index (χ3n) is 3.32. The Labute approximate surface area is 73.2 Å². The third kappa shape index (κ3) is 0.882. The molecule has 2 atom stereocenters. The molecule has 2 heteroatoms. The van der Waals surface area contributed by atoms with Crippen LogP contribution in [0.15, 0.2) is 12.2 Å². The van der Waals surface area contributed by atoms with E-state index in [2.05, 4.69) is 6.58 Å². The molecule has 2 aliphatic rings. The molecular formula is C10H16O2. The van der Waals surface area contributed by atoms with Crippen LogP contribution in [0.4, 0.5) is 0 Å². The second-order valence-corrected chi connectivity index (χ2v) is 4.13. The maximum Gasteiger partial charge on any atom is 0.124 e. The van der Waals surface area contributed by atoms with Crippen LogP contribution in [-0.2, 0) is 4.74 Å². The van der Waals surface area contributed by atoms with E-state index in [0.717, 1.165) is 31.4 Å². The SMILES string of the molecule is C=C(C)C1(O)CCCCC12CO2. The topological polar surface area (TPSA) is 32.8 Å². The van der Waals surface area contributed by atoms with Crippen molar-refractivity contribution in [2.24, 2.45) is 0 Å². The van der Waals surface area contributed by atoms with E-state index in [1.807, 2.05) is 6.92 Å². The maximum absolute atomic E-state index is 10.3. The Bertz CT molecular complexity index is 218. The van der Waals surface area contributed by atoms with E-state index in [-0.39, 0.29) is 5.60 Å². The molecule has 1 N–H and O–H groups in total. The fourth-order valence-corrected chi connectivity index (χ4v) is 2.30. The van der Waals surface area contributed by atoms with Gasteiger partial charge in [0, 0.05) is 0 Å². The first-order valence-electron chi connectivity index (χ1n) is 4.63. The average Bonchev–Trinajstić information content (AvgIpc) is 2.77. The van der Waals surface area contributed by atoms with Gasteiger partial charge in [0.15, 0.2) is 0 Å². The Morgan fingerprint density at radius 3 is 2.42 bits per heavy atom. The smallest absolute Gasteiger partial charge is 0.124 e. The lowest BCUT2D eigenvalue weighted by Crippen LogP contribution is -2.48. The Kier molecular flexibility index (Phi) is 1.61. The number of epoxide rings is 1. The van der Waals surface area contributed by atoms with Crippen LogP contribution < -0.4 is 0 Å². The van der Waals surface area contributed by atoms with Gasteiger partial charge in [-0.05, 0) is 25.3 Å². The largest absolute Gasteiger partial charge is 0.382 e. The molecule has 1 saturated heterocycles. The minimum absolute atomic E-state index is 0.239. The van der Waals surface area contributed by atoms with E-state index in [0.29, 0.717) is 0 Å². The highest BCUT2D eigenvalue weighted by Crippen LogP contribution is 2.51. The molecule has 1 aliphatic heterocycles. The highest BCUT2D eigenvalue weighted by molar-refractivity contribution is 5.25. The average molecular weight is 168 g/mol. The summed E-state index contributed by atoms with van der Waals surface area (Å²) in [6, 6.07) is 0. The highest BCUT2D eigenvalue weighted by atomic mass is 16.6. The minimum atomic E-state index is -0.731. The Morgan fingerprint density at radius 1 is 1.42 bits per heavy atom. The van der Waals surface area contributed by atoms with Crippen LogP contribution in [0.2, 0.25) is 0 Å². The van der Waals surface area contributed by atoms with E-state index in [9.17, 15) is 5.11 Å². The normalized spacial score (nSPS) is 46.2. The van der Waals surface area contributed by atoms with Crippen LogP contribution in [0, 0.1) is 0 Å². The van der Waals surface area contributed by atoms with Gasteiger partial charge >= 0.3 is 0 Å². The van der Waals surface area contributed by atoms with Crippen molar-refractivity contribution in [3.8, 4) is 0 Å². The summed E-state index contributed by atoms with van der Waals surface area (Å²) in [6.45, 7) is 6.47. The second-order valence-electron chi connectivity index (χ2n) is 4.13. The van der Waals surface area contributed by atoms with E-state index in [4.69, 9.17) is 4.74 Å². The summed E-state index contributed by atoms with van der Waals surface area (Å²) in [5.74, 6) is 0. The summed E-state index contributed by atoms with van der Waals surface area (Å²) in [4.78, 5) is 0. The van der Waals surface area contributed by atoms with Crippen LogP contribution in [0.1, 0.15) is 32.6 Å². The van der Waals surface area contributed by atoms with Crippen molar-refractivity contribution in [2.45, 2.75) is 43.8 Å². The summed E-state index contributed by atoms with van der Waals surface area (Å²) in [7, 11) is 0. The molecule has 1 aliphatic carbocycles. The molecule has 12 heavy (non-hydrogen) atoms. The summed E-state index contributed by atoms with van der Waals surface area (Å²) in [5, 5.41) is 10.3. The van der Waals surface area contributed by atoms with Crippen molar-refractivity contribution in [1.29, 1.82) is 0 Å². The zero-order valence-corrected chi connectivity index (χ0v) is 7.60. The van der Waals surface area contributed by atoms with Crippen molar-refractivity contribution >= 4 is 0 Å². The number of rotatable bonds is 1. The van der Waals surface area contributed by atoms with E-state index in [1.54, 1.807) is 0 Å². The first-order valence-corrected chi connectivity index (χ1v) is 4.63. The van der Waals surface area contributed by atoms with Gasteiger partial charge in [-0.3, -0.25) is 0 Å². The zero-order chi connectivity index (χ0) is 8.82. The number of hydrogen-bond acceptors (Lipinski definition) is 2. The molecular weight excluding hydrogens is 152 g/mol. The van der Waals surface area contributed by atoms with Crippen LogP contribution in [-0.4, -0.2) is 22.9 Å². The standard InChI is InChI=1S/C10H16O2/c1-8(2)10(11)6-4-3-5-9(10)7-12-9/h11H,1,3-7H2,2H3. The van der Waals surface area contributed by atoms with Gasteiger partial charge in [0.2, 0.25) is 0 Å². The fourth-order valence-electron chi connectivity index (χ4n) is 2.30.